The molecular formula is C20H18F2N2O3. The zero-order valence-corrected chi connectivity index (χ0v) is 14.6. The quantitative estimate of drug-likeness (QED) is 0.682. The van der Waals surface area contributed by atoms with Crippen molar-refractivity contribution < 1.29 is 23.1 Å². The third-order valence-corrected chi connectivity index (χ3v) is 4.11. The van der Waals surface area contributed by atoms with Crippen LogP contribution in [0.25, 0.3) is 11.3 Å². The highest BCUT2D eigenvalue weighted by Crippen LogP contribution is 2.27. The predicted molar refractivity (Wildman–Crippen MR) is 94.8 cm³/mol. The molecule has 1 amide bonds. The number of halogens is 2. The Bertz CT molecular complexity index is 936. The van der Waals surface area contributed by atoms with Crippen LogP contribution in [0.5, 0.6) is 5.75 Å². The molecule has 0 fully saturated rings. The minimum absolute atomic E-state index is 0.0245. The van der Waals surface area contributed by atoms with Gasteiger partial charge in [-0.25, -0.2) is 13.8 Å². The largest absolute Gasteiger partial charge is 0.508 e. The highest BCUT2D eigenvalue weighted by Gasteiger charge is 2.17. The van der Waals surface area contributed by atoms with E-state index in [2.05, 4.69) is 10.3 Å². The Balaban J connectivity index is 1.60. The summed E-state index contributed by atoms with van der Waals surface area (Å²) < 4.78 is 32.9. The predicted octanol–water partition coefficient (Wildman–Crippen LogP) is 4.14. The van der Waals surface area contributed by atoms with Crippen LogP contribution >= 0.6 is 0 Å². The normalized spacial score (nSPS) is 12.0. The van der Waals surface area contributed by atoms with Crippen LogP contribution in [0.3, 0.4) is 0 Å². The molecule has 0 aliphatic carbocycles. The summed E-state index contributed by atoms with van der Waals surface area (Å²) in [7, 11) is 0. The van der Waals surface area contributed by atoms with Crippen molar-refractivity contribution in [3.8, 4) is 17.1 Å². The lowest BCUT2D eigenvalue weighted by Gasteiger charge is -2.15. The lowest BCUT2D eigenvalue weighted by atomic mass is 10.1. The van der Waals surface area contributed by atoms with Gasteiger partial charge in [0, 0.05) is 18.4 Å². The first-order chi connectivity index (χ1) is 13.0. The SMILES string of the molecule is CC(NC(=O)CCc1ncc(-c2c(F)cccc2F)o1)c1ccccc1O. The average molecular weight is 372 g/mol. The van der Waals surface area contributed by atoms with E-state index in [4.69, 9.17) is 4.42 Å². The number of nitrogens with zero attached hydrogens (tertiary/aromatic N) is 1. The Kier molecular flexibility index (Phi) is 5.49. The molecule has 27 heavy (non-hydrogen) atoms. The minimum Gasteiger partial charge on any atom is -0.508 e. The van der Waals surface area contributed by atoms with Gasteiger partial charge in [0.1, 0.15) is 17.4 Å². The van der Waals surface area contributed by atoms with Gasteiger partial charge in [0.25, 0.3) is 0 Å². The van der Waals surface area contributed by atoms with Gasteiger partial charge in [0.2, 0.25) is 5.91 Å². The molecule has 3 rings (SSSR count). The summed E-state index contributed by atoms with van der Waals surface area (Å²) in [4.78, 5) is 16.1. The molecule has 0 radical (unpaired) electrons. The van der Waals surface area contributed by atoms with E-state index >= 15 is 0 Å². The summed E-state index contributed by atoms with van der Waals surface area (Å²) in [6, 6.07) is 9.91. The molecular weight excluding hydrogens is 354 g/mol. The molecule has 0 saturated heterocycles. The Morgan fingerprint density at radius 2 is 1.89 bits per heavy atom. The van der Waals surface area contributed by atoms with Crippen LogP contribution in [0.15, 0.2) is 53.1 Å². The maximum Gasteiger partial charge on any atom is 0.220 e. The molecule has 0 bridgehead atoms. The first-order valence-electron chi connectivity index (χ1n) is 8.42. The number of hydrogen-bond donors (Lipinski definition) is 2. The zero-order valence-electron chi connectivity index (χ0n) is 14.6. The van der Waals surface area contributed by atoms with E-state index in [-0.39, 0.29) is 47.8 Å². The van der Waals surface area contributed by atoms with E-state index in [0.29, 0.717) is 5.56 Å². The van der Waals surface area contributed by atoms with Gasteiger partial charge in [0.15, 0.2) is 11.7 Å². The number of nitrogens with one attached hydrogen (secondary N) is 1. The number of aryl methyl sites for hydroxylation is 1. The van der Waals surface area contributed by atoms with Crippen LogP contribution in [0.2, 0.25) is 0 Å². The monoisotopic (exact) mass is 372 g/mol. The summed E-state index contributed by atoms with van der Waals surface area (Å²) in [5.74, 6) is -1.46. The topological polar surface area (TPSA) is 75.4 Å². The average Bonchev–Trinajstić information content (AvgIpc) is 3.08. The molecule has 0 saturated carbocycles. The van der Waals surface area contributed by atoms with Gasteiger partial charge < -0.3 is 14.8 Å². The number of phenols is 1. The number of phenolic OH excluding ortho intramolecular Hbond substituents is 1. The molecule has 2 N–H and O–H groups in total. The van der Waals surface area contributed by atoms with Gasteiger partial charge in [-0.05, 0) is 25.1 Å². The molecule has 3 aromatic rings. The summed E-state index contributed by atoms with van der Waals surface area (Å²) in [6.45, 7) is 1.76. The third kappa shape index (κ3) is 4.31. The van der Waals surface area contributed by atoms with Crippen molar-refractivity contribution in [1.82, 2.24) is 10.3 Å². The van der Waals surface area contributed by atoms with Crippen molar-refractivity contribution >= 4 is 5.91 Å². The molecule has 0 spiro atoms. The molecule has 1 atom stereocenters. The van der Waals surface area contributed by atoms with Gasteiger partial charge >= 0.3 is 0 Å². The Labute approximate surface area is 154 Å². The van der Waals surface area contributed by atoms with Crippen molar-refractivity contribution in [3.05, 3.63) is 71.8 Å². The van der Waals surface area contributed by atoms with Gasteiger partial charge in [-0.3, -0.25) is 4.79 Å². The van der Waals surface area contributed by atoms with Crippen LogP contribution < -0.4 is 5.32 Å². The summed E-state index contributed by atoms with van der Waals surface area (Å²) in [5.41, 5.74) is 0.327. The first kappa shape index (κ1) is 18.6. The fourth-order valence-electron chi connectivity index (χ4n) is 2.74. The van der Waals surface area contributed by atoms with Crippen LogP contribution in [-0.2, 0) is 11.2 Å². The second kappa shape index (κ2) is 7.99. The lowest BCUT2D eigenvalue weighted by Crippen LogP contribution is -2.26. The Morgan fingerprint density at radius 3 is 2.59 bits per heavy atom. The Hall–Kier alpha value is -3.22. The number of aromatic hydroxyl groups is 1. The number of carbonyl (C=O) groups excluding carboxylic acids is 1. The van der Waals surface area contributed by atoms with Crippen molar-refractivity contribution in [1.29, 1.82) is 0 Å². The highest BCUT2D eigenvalue weighted by atomic mass is 19.1. The molecule has 0 aliphatic rings. The molecule has 7 heteroatoms. The smallest absolute Gasteiger partial charge is 0.220 e. The number of oxazole rings is 1. The molecule has 2 aromatic carbocycles. The lowest BCUT2D eigenvalue weighted by molar-refractivity contribution is -0.121. The van der Waals surface area contributed by atoms with Crippen LogP contribution in [0, 0.1) is 11.6 Å². The highest BCUT2D eigenvalue weighted by molar-refractivity contribution is 5.76. The van der Waals surface area contributed by atoms with Crippen molar-refractivity contribution in [2.24, 2.45) is 0 Å². The minimum atomic E-state index is -0.744. The number of benzene rings is 2. The molecule has 5 nitrogen and oxygen atoms in total. The maximum atomic E-state index is 13.8. The molecule has 0 aliphatic heterocycles. The Morgan fingerprint density at radius 1 is 1.19 bits per heavy atom. The summed E-state index contributed by atoms with van der Waals surface area (Å²) >= 11 is 0. The molecule has 1 unspecified atom stereocenters. The van der Waals surface area contributed by atoms with Crippen molar-refractivity contribution in [2.75, 3.05) is 0 Å². The van der Waals surface area contributed by atoms with E-state index in [1.807, 2.05) is 0 Å². The third-order valence-electron chi connectivity index (χ3n) is 4.11. The number of rotatable bonds is 6. The second-order valence-electron chi connectivity index (χ2n) is 6.06. The standard InChI is InChI=1S/C20H18F2N2O3/c1-12(13-5-2-3-8-16(13)25)24-18(26)9-10-19-23-11-17(27-19)20-14(21)6-4-7-15(20)22/h2-8,11-12,25H,9-10H2,1H3,(H,24,26). The zero-order chi connectivity index (χ0) is 19.4. The molecule has 140 valence electrons. The van der Waals surface area contributed by atoms with Crippen molar-refractivity contribution in [2.45, 2.75) is 25.8 Å². The number of para-hydroxylation sites is 1. The van der Waals surface area contributed by atoms with Crippen LogP contribution in [0.1, 0.15) is 30.8 Å². The van der Waals surface area contributed by atoms with Gasteiger partial charge in [-0.15, -0.1) is 0 Å². The van der Waals surface area contributed by atoms with Gasteiger partial charge in [-0.1, -0.05) is 24.3 Å². The summed E-state index contributed by atoms with van der Waals surface area (Å²) in [6.07, 6.45) is 1.49. The van der Waals surface area contributed by atoms with E-state index in [1.54, 1.807) is 31.2 Å². The first-order valence-corrected chi connectivity index (χ1v) is 8.42. The van der Waals surface area contributed by atoms with Crippen molar-refractivity contribution in [3.63, 3.8) is 0 Å². The van der Waals surface area contributed by atoms with Crippen LogP contribution in [0.4, 0.5) is 8.78 Å². The fraction of sp³-hybridized carbons (Fsp3) is 0.200. The van der Waals surface area contributed by atoms with E-state index < -0.39 is 11.6 Å². The number of hydrogen-bond acceptors (Lipinski definition) is 4. The molecule has 1 heterocycles. The molecule has 1 aromatic heterocycles. The van der Waals surface area contributed by atoms with E-state index in [9.17, 15) is 18.7 Å². The number of aromatic nitrogens is 1. The summed E-state index contributed by atoms with van der Waals surface area (Å²) in [5, 5.41) is 12.6. The van der Waals surface area contributed by atoms with E-state index in [1.165, 1.54) is 12.3 Å². The van der Waals surface area contributed by atoms with Gasteiger partial charge in [-0.2, -0.15) is 0 Å². The number of amides is 1. The van der Waals surface area contributed by atoms with Gasteiger partial charge in [0.05, 0.1) is 17.8 Å². The maximum absolute atomic E-state index is 13.8. The van der Waals surface area contributed by atoms with Crippen LogP contribution in [-0.4, -0.2) is 16.0 Å². The number of carbonyl (C=O) groups is 1. The fourth-order valence-corrected chi connectivity index (χ4v) is 2.74. The second-order valence-corrected chi connectivity index (χ2v) is 6.06. The van der Waals surface area contributed by atoms with E-state index in [0.717, 1.165) is 12.1 Å².